The van der Waals surface area contributed by atoms with Gasteiger partial charge in [-0.05, 0) is 30.9 Å². The third-order valence-corrected chi connectivity index (χ3v) is 5.22. The SMILES string of the molecule is O=C1C2Cc3ccccc3N2CCCN1C1CCCC1. The smallest absolute Gasteiger partial charge is 0.245 e. The van der Waals surface area contributed by atoms with Crippen molar-refractivity contribution in [3.63, 3.8) is 0 Å². The maximum Gasteiger partial charge on any atom is 0.245 e. The van der Waals surface area contributed by atoms with E-state index in [2.05, 4.69) is 34.1 Å². The number of benzene rings is 1. The van der Waals surface area contributed by atoms with E-state index in [0.717, 1.165) is 25.9 Å². The highest BCUT2D eigenvalue weighted by Crippen LogP contribution is 2.35. The minimum absolute atomic E-state index is 0.0653. The second-order valence-electron chi connectivity index (χ2n) is 6.37. The van der Waals surface area contributed by atoms with Crippen LogP contribution in [0.5, 0.6) is 0 Å². The molecule has 1 aromatic carbocycles. The van der Waals surface area contributed by atoms with Gasteiger partial charge >= 0.3 is 0 Å². The Labute approximate surface area is 120 Å². The van der Waals surface area contributed by atoms with Gasteiger partial charge in [-0.3, -0.25) is 4.79 Å². The molecule has 2 aliphatic heterocycles. The van der Waals surface area contributed by atoms with Crippen molar-refractivity contribution in [1.29, 1.82) is 0 Å². The Morgan fingerprint density at radius 3 is 2.55 bits per heavy atom. The van der Waals surface area contributed by atoms with Gasteiger partial charge in [-0.1, -0.05) is 31.0 Å². The molecule has 1 unspecified atom stereocenters. The number of hydrogen-bond acceptors (Lipinski definition) is 2. The summed E-state index contributed by atoms with van der Waals surface area (Å²) in [5, 5.41) is 0. The summed E-state index contributed by atoms with van der Waals surface area (Å²) in [5.41, 5.74) is 2.64. The van der Waals surface area contributed by atoms with E-state index in [1.165, 1.54) is 36.9 Å². The molecular formula is C17H22N2O. The third-order valence-electron chi connectivity index (χ3n) is 5.22. The first-order valence-corrected chi connectivity index (χ1v) is 7.99. The van der Waals surface area contributed by atoms with E-state index in [-0.39, 0.29) is 6.04 Å². The molecule has 1 atom stereocenters. The second kappa shape index (κ2) is 4.80. The Kier molecular flexibility index (Phi) is 2.94. The third kappa shape index (κ3) is 1.83. The Hall–Kier alpha value is -1.51. The van der Waals surface area contributed by atoms with Crippen molar-refractivity contribution in [1.82, 2.24) is 4.90 Å². The molecule has 2 heterocycles. The molecule has 1 saturated heterocycles. The van der Waals surface area contributed by atoms with Gasteiger partial charge in [-0.25, -0.2) is 0 Å². The minimum Gasteiger partial charge on any atom is -0.359 e. The van der Waals surface area contributed by atoms with E-state index in [9.17, 15) is 4.79 Å². The van der Waals surface area contributed by atoms with Gasteiger partial charge in [-0.15, -0.1) is 0 Å². The molecule has 1 saturated carbocycles. The predicted molar refractivity (Wildman–Crippen MR) is 79.9 cm³/mol. The van der Waals surface area contributed by atoms with Gasteiger partial charge in [-0.2, -0.15) is 0 Å². The van der Waals surface area contributed by atoms with Crippen LogP contribution in [-0.2, 0) is 11.2 Å². The standard InChI is InChI=1S/C17H22N2O/c20-17-16-12-13-6-1-4-9-15(13)19(16)11-5-10-18(17)14-7-2-3-8-14/h1,4,6,9,14,16H,2-3,5,7-8,10-12H2. The lowest BCUT2D eigenvalue weighted by atomic mass is 10.1. The van der Waals surface area contributed by atoms with Gasteiger partial charge in [0, 0.05) is 31.2 Å². The molecular weight excluding hydrogens is 248 g/mol. The molecule has 3 heteroatoms. The summed E-state index contributed by atoms with van der Waals surface area (Å²) >= 11 is 0. The molecule has 0 spiro atoms. The zero-order valence-corrected chi connectivity index (χ0v) is 11.9. The number of fused-ring (bicyclic) bond motifs is 3. The van der Waals surface area contributed by atoms with Crippen molar-refractivity contribution in [2.45, 2.75) is 50.6 Å². The van der Waals surface area contributed by atoms with Crippen molar-refractivity contribution < 1.29 is 4.79 Å². The van der Waals surface area contributed by atoms with Crippen molar-refractivity contribution in [3.8, 4) is 0 Å². The molecule has 20 heavy (non-hydrogen) atoms. The highest BCUT2D eigenvalue weighted by atomic mass is 16.2. The van der Waals surface area contributed by atoms with Crippen LogP contribution < -0.4 is 4.90 Å². The van der Waals surface area contributed by atoms with Gasteiger partial charge in [0.05, 0.1) is 0 Å². The highest BCUT2D eigenvalue weighted by molar-refractivity contribution is 5.89. The van der Waals surface area contributed by atoms with Crippen LogP contribution in [0.4, 0.5) is 5.69 Å². The number of anilines is 1. The van der Waals surface area contributed by atoms with Crippen LogP contribution in [0.25, 0.3) is 0 Å². The van der Waals surface area contributed by atoms with Crippen molar-refractivity contribution in [2.24, 2.45) is 0 Å². The molecule has 0 bridgehead atoms. The first kappa shape index (κ1) is 12.2. The lowest BCUT2D eigenvalue weighted by Crippen LogP contribution is -2.47. The van der Waals surface area contributed by atoms with Crippen molar-refractivity contribution in [2.75, 3.05) is 18.0 Å². The van der Waals surface area contributed by atoms with Gasteiger partial charge in [0.1, 0.15) is 6.04 Å². The fourth-order valence-electron chi connectivity index (χ4n) is 4.24. The largest absolute Gasteiger partial charge is 0.359 e. The number of carbonyl (C=O) groups excluding carboxylic acids is 1. The topological polar surface area (TPSA) is 23.6 Å². The lowest BCUT2D eigenvalue weighted by Gasteiger charge is -2.30. The van der Waals surface area contributed by atoms with Crippen LogP contribution in [0.15, 0.2) is 24.3 Å². The molecule has 2 fully saturated rings. The predicted octanol–water partition coefficient (Wildman–Crippen LogP) is 2.59. The number of carbonyl (C=O) groups is 1. The van der Waals surface area contributed by atoms with Gasteiger partial charge in [0.2, 0.25) is 5.91 Å². The minimum atomic E-state index is 0.0653. The summed E-state index contributed by atoms with van der Waals surface area (Å²) in [6, 6.07) is 9.11. The Balaban J connectivity index is 1.62. The second-order valence-corrected chi connectivity index (χ2v) is 6.37. The fraction of sp³-hybridized carbons (Fsp3) is 0.588. The van der Waals surface area contributed by atoms with Crippen molar-refractivity contribution >= 4 is 11.6 Å². The molecule has 1 aliphatic carbocycles. The molecule has 1 amide bonds. The average Bonchev–Trinajstić information content (AvgIpc) is 3.08. The normalized spacial score (nSPS) is 26.6. The Bertz CT molecular complexity index is 521. The van der Waals surface area contributed by atoms with Crippen LogP contribution in [0, 0.1) is 0 Å². The molecule has 0 N–H and O–H groups in total. The fourth-order valence-corrected chi connectivity index (χ4v) is 4.24. The van der Waals surface area contributed by atoms with E-state index >= 15 is 0 Å². The van der Waals surface area contributed by atoms with Crippen LogP contribution in [-0.4, -0.2) is 36.0 Å². The number of amides is 1. The number of rotatable bonds is 1. The van der Waals surface area contributed by atoms with E-state index in [1.54, 1.807) is 0 Å². The summed E-state index contributed by atoms with van der Waals surface area (Å²) in [6.07, 6.45) is 7.02. The molecule has 3 nitrogen and oxygen atoms in total. The monoisotopic (exact) mass is 270 g/mol. The van der Waals surface area contributed by atoms with Crippen molar-refractivity contribution in [3.05, 3.63) is 29.8 Å². The first-order chi connectivity index (χ1) is 9.84. The zero-order chi connectivity index (χ0) is 13.5. The van der Waals surface area contributed by atoms with E-state index in [0.29, 0.717) is 11.9 Å². The molecule has 4 rings (SSSR count). The van der Waals surface area contributed by atoms with E-state index < -0.39 is 0 Å². The maximum atomic E-state index is 13.0. The van der Waals surface area contributed by atoms with Crippen LogP contribution in [0.2, 0.25) is 0 Å². The highest BCUT2D eigenvalue weighted by Gasteiger charge is 2.40. The quantitative estimate of drug-likeness (QED) is 0.783. The number of para-hydroxylation sites is 1. The van der Waals surface area contributed by atoms with Gasteiger partial charge in [0.15, 0.2) is 0 Å². The molecule has 1 aromatic rings. The average molecular weight is 270 g/mol. The lowest BCUT2D eigenvalue weighted by molar-refractivity contribution is -0.134. The zero-order valence-electron chi connectivity index (χ0n) is 11.9. The summed E-state index contributed by atoms with van der Waals surface area (Å²) in [7, 11) is 0. The maximum absolute atomic E-state index is 13.0. The van der Waals surface area contributed by atoms with Gasteiger partial charge < -0.3 is 9.80 Å². The number of hydrogen-bond donors (Lipinski definition) is 0. The van der Waals surface area contributed by atoms with Crippen LogP contribution >= 0.6 is 0 Å². The van der Waals surface area contributed by atoms with E-state index in [1.807, 2.05) is 0 Å². The summed E-state index contributed by atoms with van der Waals surface area (Å²) < 4.78 is 0. The first-order valence-electron chi connectivity index (χ1n) is 7.99. The Morgan fingerprint density at radius 2 is 1.70 bits per heavy atom. The molecule has 3 aliphatic rings. The van der Waals surface area contributed by atoms with Crippen LogP contribution in [0.1, 0.15) is 37.7 Å². The van der Waals surface area contributed by atoms with E-state index in [4.69, 9.17) is 0 Å². The molecule has 106 valence electrons. The summed E-state index contributed by atoms with van der Waals surface area (Å²) in [6.45, 7) is 1.98. The number of nitrogens with zero attached hydrogens (tertiary/aromatic N) is 2. The van der Waals surface area contributed by atoms with Crippen LogP contribution in [0.3, 0.4) is 0 Å². The Morgan fingerprint density at radius 1 is 0.950 bits per heavy atom. The molecule has 0 aromatic heterocycles. The summed E-state index contributed by atoms with van der Waals surface area (Å²) in [4.78, 5) is 17.5. The molecule has 0 radical (unpaired) electrons. The van der Waals surface area contributed by atoms with Gasteiger partial charge in [0.25, 0.3) is 0 Å². The summed E-state index contributed by atoms with van der Waals surface area (Å²) in [5.74, 6) is 0.380.